The fourth-order valence-corrected chi connectivity index (χ4v) is 1.81. The molecule has 0 bridgehead atoms. The molecule has 1 amide bonds. The van der Waals surface area contributed by atoms with Gasteiger partial charge < -0.3 is 15.1 Å². The number of aromatic nitrogens is 1. The second kappa shape index (κ2) is 5.75. The highest BCUT2D eigenvalue weighted by Crippen LogP contribution is 2.18. The number of carbonyl (C=O) groups excluding carboxylic acids is 1. The van der Waals surface area contributed by atoms with Crippen LogP contribution in [0.5, 0.6) is 0 Å². The van der Waals surface area contributed by atoms with Crippen LogP contribution < -0.4 is 10.6 Å². The number of nitrogens with zero attached hydrogens (tertiary/aromatic N) is 1. The first-order chi connectivity index (χ1) is 9.11. The van der Waals surface area contributed by atoms with Crippen LogP contribution in [-0.4, -0.2) is 17.9 Å². The van der Waals surface area contributed by atoms with Gasteiger partial charge in [-0.05, 0) is 31.2 Å². The van der Waals surface area contributed by atoms with E-state index in [1.807, 2.05) is 6.92 Å². The van der Waals surface area contributed by atoms with Gasteiger partial charge in [-0.15, -0.1) is 0 Å². The van der Waals surface area contributed by atoms with Crippen molar-refractivity contribution in [2.75, 3.05) is 12.4 Å². The number of rotatable bonds is 4. The molecule has 0 radical (unpaired) electrons. The Labute approximate surface area is 116 Å². The Morgan fingerprint density at radius 1 is 1.42 bits per heavy atom. The Hall–Kier alpha value is -2.01. The lowest BCUT2D eigenvalue weighted by Crippen LogP contribution is -2.27. The molecule has 0 aliphatic rings. The largest absolute Gasteiger partial charge is 0.467 e. The molecule has 5 nitrogen and oxygen atoms in total. The summed E-state index contributed by atoms with van der Waals surface area (Å²) in [5.74, 6) is 0.917. The molecule has 0 fully saturated rings. The third-order valence-electron chi connectivity index (χ3n) is 2.63. The van der Waals surface area contributed by atoms with Crippen molar-refractivity contribution in [1.29, 1.82) is 0 Å². The lowest BCUT2D eigenvalue weighted by atomic mass is 10.2. The summed E-state index contributed by atoms with van der Waals surface area (Å²) in [6.07, 6.45) is 1.56. The standard InChI is InChI=1S/C13H14ClN3O2/c1-8(10-4-3-7-19-10)16-13(18)12-9(14)5-6-11(15-2)17-12/h3-8H,1-2H3,(H,15,17)(H,16,18). The van der Waals surface area contributed by atoms with E-state index in [1.54, 1.807) is 37.6 Å². The predicted octanol–water partition coefficient (Wildman–Crippen LogP) is 2.86. The molecule has 2 heterocycles. The summed E-state index contributed by atoms with van der Waals surface area (Å²) in [7, 11) is 1.73. The molecule has 2 aromatic rings. The molecular weight excluding hydrogens is 266 g/mol. The van der Waals surface area contributed by atoms with Crippen LogP contribution in [0.15, 0.2) is 34.9 Å². The quantitative estimate of drug-likeness (QED) is 0.903. The van der Waals surface area contributed by atoms with E-state index < -0.39 is 0 Å². The minimum Gasteiger partial charge on any atom is -0.467 e. The highest BCUT2D eigenvalue weighted by atomic mass is 35.5. The fourth-order valence-electron chi connectivity index (χ4n) is 1.61. The Bertz CT molecular complexity index is 569. The van der Waals surface area contributed by atoms with E-state index in [9.17, 15) is 4.79 Å². The fraction of sp³-hybridized carbons (Fsp3) is 0.231. The molecule has 0 aliphatic carbocycles. The van der Waals surface area contributed by atoms with Gasteiger partial charge in [0.25, 0.3) is 5.91 Å². The highest BCUT2D eigenvalue weighted by Gasteiger charge is 2.17. The van der Waals surface area contributed by atoms with Crippen LogP contribution in [0.1, 0.15) is 29.2 Å². The van der Waals surface area contributed by atoms with Gasteiger partial charge in [0.15, 0.2) is 0 Å². The van der Waals surface area contributed by atoms with Crippen molar-refractivity contribution < 1.29 is 9.21 Å². The van der Waals surface area contributed by atoms with E-state index in [1.165, 1.54) is 0 Å². The molecule has 0 saturated carbocycles. The maximum atomic E-state index is 12.1. The van der Waals surface area contributed by atoms with E-state index in [4.69, 9.17) is 16.0 Å². The molecule has 6 heteroatoms. The molecule has 1 unspecified atom stereocenters. The maximum absolute atomic E-state index is 12.1. The number of halogens is 1. The average molecular weight is 280 g/mol. The minimum absolute atomic E-state index is 0.187. The van der Waals surface area contributed by atoms with Gasteiger partial charge in [0.2, 0.25) is 0 Å². The lowest BCUT2D eigenvalue weighted by Gasteiger charge is -2.12. The van der Waals surface area contributed by atoms with Crippen LogP contribution in [-0.2, 0) is 0 Å². The van der Waals surface area contributed by atoms with Crippen molar-refractivity contribution in [3.05, 3.63) is 47.0 Å². The van der Waals surface area contributed by atoms with Gasteiger partial charge in [0.1, 0.15) is 17.3 Å². The summed E-state index contributed by atoms with van der Waals surface area (Å²) in [4.78, 5) is 16.3. The number of carbonyl (C=O) groups is 1. The summed E-state index contributed by atoms with van der Waals surface area (Å²) < 4.78 is 5.23. The molecule has 1 atom stereocenters. The molecule has 2 rings (SSSR count). The van der Waals surface area contributed by atoms with Crippen molar-refractivity contribution in [3.63, 3.8) is 0 Å². The number of pyridine rings is 1. The molecule has 2 N–H and O–H groups in total. The Morgan fingerprint density at radius 3 is 2.84 bits per heavy atom. The molecule has 0 spiro atoms. The van der Waals surface area contributed by atoms with E-state index in [0.29, 0.717) is 16.6 Å². The zero-order valence-corrected chi connectivity index (χ0v) is 11.4. The number of hydrogen-bond donors (Lipinski definition) is 2. The first-order valence-corrected chi connectivity index (χ1v) is 6.18. The maximum Gasteiger partial charge on any atom is 0.272 e. The zero-order valence-electron chi connectivity index (χ0n) is 10.6. The smallest absolute Gasteiger partial charge is 0.272 e. The number of amides is 1. The Morgan fingerprint density at radius 2 is 2.21 bits per heavy atom. The Kier molecular flexibility index (Phi) is 4.06. The minimum atomic E-state index is -0.342. The van der Waals surface area contributed by atoms with Crippen molar-refractivity contribution in [2.45, 2.75) is 13.0 Å². The third-order valence-corrected chi connectivity index (χ3v) is 2.94. The van der Waals surface area contributed by atoms with Gasteiger partial charge in [0, 0.05) is 7.05 Å². The second-order valence-electron chi connectivity index (χ2n) is 3.99. The van der Waals surface area contributed by atoms with Crippen molar-refractivity contribution >= 4 is 23.3 Å². The van der Waals surface area contributed by atoms with Crippen molar-refractivity contribution in [1.82, 2.24) is 10.3 Å². The molecular formula is C13H14ClN3O2. The highest BCUT2D eigenvalue weighted by molar-refractivity contribution is 6.33. The predicted molar refractivity (Wildman–Crippen MR) is 73.4 cm³/mol. The van der Waals surface area contributed by atoms with Gasteiger partial charge in [-0.3, -0.25) is 4.79 Å². The van der Waals surface area contributed by atoms with Crippen molar-refractivity contribution in [3.8, 4) is 0 Å². The van der Waals surface area contributed by atoms with E-state index in [2.05, 4.69) is 15.6 Å². The average Bonchev–Trinajstić information content (AvgIpc) is 2.93. The monoisotopic (exact) mass is 279 g/mol. The van der Waals surface area contributed by atoms with Crippen LogP contribution in [0.4, 0.5) is 5.82 Å². The van der Waals surface area contributed by atoms with Crippen LogP contribution in [0.25, 0.3) is 0 Å². The molecule has 100 valence electrons. The third kappa shape index (κ3) is 3.06. The first-order valence-electron chi connectivity index (χ1n) is 5.80. The van der Waals surface area contributed by atoms with Gasteiger partial charge in [-0.1, -0.05) is 11.6 Å². The first kappa shape index (κ1) is 13.4. The van der Waals surface area contributed by atoms with Crippen molar-refractivity contribution in [2.24, 2.45) is 0 Å². The summed E-state index contributed by atoms with van der Waals surface area (Å²) in [5.41, 5.74) is 0.187. The topological polar surface area (TPSA) is 67.2 Å². The number of anilines is 1. The summed E-state index contributed by atoms with van der Waals surface area (Å²) in [5, 5.41) is 5.95. The van der Waals surface area contributed by atoms with E-state index in [-0.39, 0.29) is 17.6 Å². The molecule has 19 heavy (non-hydrogen) atoms. The number of furan rings is 1. The van der Waals surface area contributed by atoms with E-state index in [0.717, 1.165) is 0 Å². The molecule has 2 aromatic heterocycles. The SMILES string of the molecule is CNc1ccc(Cl)c(C(=O)NC(C)c2ccco2)n1. The van der Waals surface area contributed by atoms with E-state index >= 15 is 0 Å². The molecule has 0 aliphatic heterocycles. The van der Waals surface area contributed by atoms with Gasteiger partial charge in [0.05, 0.1) is 17.3 Å². The van der Waals surface area contributed by atoms with Gasteiger partial charge in [-0.2, -0.15) is 0 Å². The normalized spacial score (nSPS) is 11.9. The second-order valence-corrected chi connectivity index (χ2v) is 4.39. The Balaban J connectivity index is 2.16. The van der Waals surface area contributed by atoms with Gasteiger partial charge in [-0.25, -0.2) is 4.98 Å². The summed E-state index contributed by atoms with van der Waals surface area (Å²) in [6.45, 7) is 1.83. The lowest BCUT2D eigenvalue weighted by molar-refractivity contribution is 0.0930. The molecule has 0 aromatic carbocycles. The number of nitrogens with one attached hydrogen (secondary N) is 2. The van der Waals surface area contributed by atoms with Crippen LogP contribution in [0.3, 0.4) is 0 Å². The van der Waals surface area contributed by atoms with Gasteiger partial charge >= 0.3 is 0 Å². The summed E-state index contributed by atoms with van der Waals surface area (Å²) >= 11 is 5.98. The van der Waals surface area contributed by atoms with Crippen LogP contribution in [0.2, 0.25) is 5.02 Å². The summed E-state index contributed by atoms with van der Waals surface area (Å²) in [6, 6.07) is 6.65. The van der Waals surface area contributed by atoms with Crippen LogP contribution in [0, 0.1) is 0 Å². The van der Waals surface area contributed by atoms with Crippen LogP contribution >= 0.6 is 11.6 Å². The molecule has 0 saturated heterocycles. The zero-order chi connectivity index (χ0) is 13.8. The number of hydrogen-bond acceptors (Lipinski definition) is 4.